The maximum absolute atomic E-state index is 13.4. The van der Waals surface area contributed by atoms with Crippen LogP contribution < -0.4 is 5.32 Å². The SMILES string of the molecule is CCCCCOC(=O)N1CCN(C(=O)[C@H](CCC(=O)O)NC(=O)c2cc(SCC(F)(F)F)nc(-c3ccccc3)n2)CC1. The smallest absolute Gasteiger partial charge is 0.409 e. The summed E-state index contributed by atoms with van der Waals surface area (Å²) in [5.74, 6) is -3.82. The fraction of sp³-hybridized carbons (Fsp3) is 0.500. The summed E-state index contributed by atoms with van der Waals surface area (Å²) in [6.07, 6.45) is -2.92. The van der Waals surface area contributed by atoms with Gasteiger partial charge in [-0.15, -0.1) is 0 Å². The minimum atomic E-state index is -4.48. The first-order chi connectivity index (χ1) is 20.5. The molecule has 11 nitrogen and oxygen atoms in total. The molecular formula is C28H34F3N5O6S. The molecule has 0 unspecified atom stereocenters. The molecule has 2 aromatic rings. The Hall–Kier alpha value is -3.88. The molecule has 0 bridgehead atoms. The van der Waals surface area contributed by atoms with E-state index in [2.05, 4.69) is 15.3 Å². The topological polar surface area (TPSA) is 142 Å². The second-order valence-corrected chi connectivity index (χ2v) is 10.8. The first-order valence-electron chi connectivity index (χ1n) is 13.8. The molecule has 1 aliphatic heterocycles. The van der Waals surface area contributed by atoms with Crippen LogP contribution in [0.1, 0.15) is 49.5 Å². The van der Waals surface area contributed by atoms with Crippen molar-refractivity contribution in [3.63, 3.8) is 0 Å². The molecule has 0 radical (unpaired) electrons. The number of hydrogen-bond donors (Lipinski definition) is 2. The van der Waals surface area contributed by atoms with E-state index in [0.717, 1.165) is 25.3 Å². The highest BCUT2D eigenvalue weighted by Gasteiger charge is 2.32. The van der Waals surface area contributed by atoms with Gasteiger partial charge in [-0.25, -0.2) is 14.8 Å². The molecule has 0 aliphatic carbocycles. The van der Waals surface area contributed by atoms with Gasteiger partial charge in [0, 0.05) is 44.2 Å². The molecular weight excluding hydrogens is 591 g/mol. The molecule has 0 spiro atoms. The lowest BCUT2D eigenvalue weighted by atomic mass is 10.1. The Kier molecular flexibility index (Phi) is 12.6. The number of amides is 3. The molecule has 1 aromatic heterocycles. The lowest BCUT2D eigenvalue weighted by Gasteiger charge is -2.36. The Morgan fingerprint density at radius 1 is 1.05 bits per heavy atom. The highest BCUT2D eigenvalue weighted by molar-refractivity contribution is 7.99. The largest absolute Gasteiger partial charge is 0.481 e. The van der Waals surface area contributed by atoms with Gasteiger partial charge in [0.15, 0.2) is 5.82 Å². The highest BCUT2D eigenvalue weighted by atomic mass is 32.2. The number of halogens is 3. The molecule has 1 fully saturated rings. The summed E-state index contributed by atoms with van der Waals surface area (Å²) in [5.41, 5.74) is 0.188. The van der Waals surface area contributed by atoms with E-state index in [4.69, 9.17) is 4.74 Å². The van der Waals surface area contributed by atoms with Crippen LogP contribution in [0.15, 0.2) is 41.4 Å². The number of nitrogens with zero attached hydrogens (tertiary/aromatic N) is 4. The van der Waals surface area contributed by atoms with Crippen molar-refractivity contribution < 1.29 is 42.2 Å². The minimum Gasteiger partial charge on any atom is -0.481 e. The van der Waals surface area contributed by atoms with E-state index in [1.807, 2.05) is 6.92 Å². The number of alkyl halides is 3. The standard InChI is InChI=1S/C28H34F3N5O6S/c1-2-3-7-16-42-27(41)36-14-12-35(13-15-36)26(40)20(10-11-23(37)38)33-25(39)21-17-22(43-18-28(29,30)31)34-24(32-21)19-8-5-4-6-9-19/h4-6,8-9,17,20H,2-3,7,10-16,18H2,1H3,(H,33,39)(H,37,38)/t20-/m0/s1. The zero-order chi connectivity index (χ0) is 31.4. The number of aliphatic carboxylic acids is 1. The minimum absolute atomic E-state index is 0.0176. The molecule has 15 heteroatoms. The number of piperazine rings is 1. The molecule has 1 aromatic carbocycles. The van der Waals surface area contributed by atoms with Crippen molar-refractivity contribution in [2.45, 2.75) is 56.3 Å². The van der Waals surface area contributed by atoms with Crippen LogP contribution in [0.3, 0.4) is 0 Å². The average Bonchev–Trinajstić information content (AvgIpc) is 2.99. The van der Waals surface area contributed by atoms with E-state index in [9.17, 15) is 37.5 Å². The quantitative estimate of drug-likeness (QED) is 0.190. The zero-order valence-electron chi connectivity index (χ0n) is 23.6. The van der Waals surface area contributed by atoms with Crippen molar-refractivity contribution in [2.24, 2.45) is 0 Å². The molecule has 43 heavy (non-hydrogen) atoms. The van der Waals surface area contributed by atoms with Gasteiger partial charge in [0.05, 0.1) is 12.4 Å². The van der Waals surface area contributed by atoms with Gasteiger partial charge in [-0.05, 0) is 12.8 Å². The molecule has 1 atom stereocenters. The van der Waals surface area contributed by atoms with Gasteiger partial charge < -0.3 is 25.0 Å². The van der Waals surface area contributed by atoms with Gasteiger partial charge in [-0.3, -0.25) is 14.4 Å². The summed E-state index contributed by atoms with van der Waals surface area (Å²) in [5, 5.41) is 11.6. The van der Waals surface area contributed by atoms with Crippen molar-refractivity contribution in [1.29, 1.82) is 0 Å². The molecule has 234 valence electrons. The Labute approximate surface area is 251 Å². The molecule has 2 heterocycles. The van der Waals surface area contributed by atoms with Crippen LogP contribution >= 0.6 is 11.8 Å². The molecule has 1 saturated heterocycles. The third-order valence-corrected chi connectivity index (χ3v) is 7.40. The Balaban J connectivity index is 1.74. The summed E-state index contributed by atoms with van der Waals surface area (Å²) < 4.78 is 44.0. The fourth-order valence-electron chi connectivity index (χ4n) is 4.18. The van der Waals surface area contributed by atoms with E-state index < -0.39 is 48.3 Å². The van der Waals surface area contributed by atoms with Crippen LogP contribution in [0, 0.1) is 0 Å². The maximum Gasteiger partial charge on any atom is 0.409 e. The predicted octanol–water partition coefficient (Wildman–Crippen LogP) is 4.23. The van der Waals surface area contributed by atoms with Crippen LogP contribution in [0.2, 0.25) is 0 Å². The second kappa shape index (κ2) is 16.1. The van der Waals surface area contributed by atoms with Crippen molar-refractivity contribution in [2.75, 3.05) is 38.5 Å². The number of nitrogens with one attached hydrogen (secondary N) is 1. The summed E-state index contributed by atoms with van der Waals surface area (Å²) in [6, 6.07) is 8.21. The average molecular weight is 626 g/mol. The second-order valence-electron chi connectivity index (χ2n) is 9.78. The number of carbonyl (C=O) groups excluding carboxylic acids is 3. The normalized spacial score (nSPS) is 14.2. The number of aromatic nitrogens is 2. The van der Waals surface area contributed by atoms with Crippen molar-refractivity contribution in [1.82, 2.24) is 25.1 Å². The van der Waals surface area contributed by atoms with E-state index in [0.29, 0.717) is 23.9 Å². The number of carboxylic acids is 1. The molecule has 1 aliphatic rings. The zero-order valence-corrected chi connectivity index (χ0v) is 24.5. The Bertz CT molecular complexity index is 1260. The predicted molar refractivity (Wildman–Crippen MR) is 151 cm³/mol. The molecule has 2 N–H and O–H groups in total. The number of ether oxygens (including phenoxy) is 1. The first-order valence-corrected chi connectivity index (χ1v) is 14.8. The van der Waals surface area contributed by atoms with Crippen LogP contribution in [-0.2, 0) is 14.3 Å². The van der Waals surface area contributed by atoms with Gasteiger partial charge in [-0.2, -0.15) is 13.2 Å². The third kappa shape index (κ3) is 11.0. The maximum atomic E-state index is 13.4. The lowest BCUT2D eigenvalue weighted by Crippen LogP contribution is -2.56. The van der Waals surface area contributed by atoms with Gasteiger partial charge in [0.1, 0.15) is 16.8 Å². The van der Waals surface area contributed by atoms with Gasteiger partial charge in [-0.1, -0.05) is 61.9 Å². The van der Waals surface area contributed by atoms with E-state index >= 15 is 0 Å². The van der Waals surface area contributed by atoms with Crippen LogP contribution in [-0.4, -0.2) is 99.5 Å². The summed E-state index contributed by atoms with van der Waals surface area (Å²) in [4.78, 5) is 61.6. The highest BCUT2D eigenvalue weighted by Crippen LogP contribution is 2.28. The molecule has 3 rings (SSSR count). The van der Waals surface area contributed by atoms with E-state index in [1.54, 1.807) is 30.3 Å². The van der Waals surface area contributed by atoms with Gasteiger partial charge in [0.2, 0.25) is 5.91 Å². The fourth-order valence-corrected chi connectivity index (χ4v) is 4.83. The lowest BCUT2D eigenvalue weighted by molar-refractivity contribution is -0.138. The number of carboxylic acid groups (broad SMARTS) is 1. The van der Waals surface area contributed by atoms with Gasteiger partial charge in [0.25, 0.3) is 5.91 Å². The number of thioether (sulfide) groups is 1. The van der Waals surface area contributed by atoms with E-state index in [-0.39, 0.29) is 49.1 Å². The third-order valence-electron chi connectivity index (χ3n) is 6.42. The number of rotatable bonds is 13. The first kappa shape index (κ1) is 33.6. The number of carbonyl (C=O) groups is 4. The number of benzene rings is 1. The van der Waals surface area contributed by atoms with Gasteiger partial charge >= 0.3 is 18.2 Å². The Morgan fingerprint density at radius 2 is 1.72 bits per heavy atom. The van der Waals surface area contributed by atoms with E-state index in [1.165, 1.54) is 9.80 Å². The van der Waals surface area contributed by atoms with Crippen LogP contribution in [0.5, 0.6) is 0 Å². The Morgan fingerprint density at radius 3 is 2.35 bits per heavy atom. The summed E-state index contributed by atoms with van der Waals surface area (Å²) in [6.45, 7) is 3.03. The van der Waals surface area contributed by atoms with Crippen molar-refractivity contribution in [3.8, 4) is 11.4 Å². The van der Waals surface area contributed by atoms with Crippen molar-refractivity contribution >= 4 is 35.6 Å². The molecule has 3 amide bonds. The number of hydrogen-bond acceptors (Lipinski definition) is 8. The summed E-state index contributed by atoms with van der Waals surface area (Å²) >= 11 is 0.388. The van der Waals surface area contributed by atoms with Crippen LogP contribution in [0.4, 0.5) is 18.0 Å². The van der Waals surface area contributed by atoms with Crippen LogP contribution in [0.25, 0.3) is 11.4 Å². The molecule has 0 saturated carbocycles. The number of unbranched alkanes of at least 4 members (excludes halogenated alkanes) is 2. The summed E-state index contributed by atoms with van der Waals surface area (Å²) in [7, 11) is 0. The van der Waals surface area contributed by atoms with Crippen molar-refractivity contribution in [3.05, 3.63) is 42.1 Å². The monoisotopic (exact) mass is 625 g/mol.